The Bertz CT molecular complexity index is 378. The Morgan fingerprint density at radius 3 is 2.12 bits per heavy atom. The van der Waals surface area contributed by atoms with Crippen molar-refractivity contribution in [3.05, 3.63) is 30.6 Å². The van der Waals surface area contributed by atoms with Crippen LogP contribution in [0, 0.1) is 0 Å². The van der Waals surface area contributed by atoms with Crippen molar-refractivity contribution in [1.29, 1.82) is 0 Å². The monoisotopic (exact) mass is 262 g/mol. The molecular weight excluding hydrogens is 242 g/mol. The van der Waals surface area contributed by atoms with Gasteiger partial charge in [-0.1, -0.05) is 19.4 Å². The molecule has 0 fully saturated rings. The Morgan fingerprint density at radius 1 is 1.18 bits per heavy atom. The smallest absolute Gasteiger partial charge is 0.264 e. The molecule has 6 heteroatoms. The van der Waals surface area contributed by atoms with E-state index in [1.165, 1.54) is 19.8 Å². The molecule has 5 nitrogen and oxygen atoms in total. The van der Waals surface area contributed by atoms with Crippen LogP contribution in [-0.4, -0.2) is 19.6 Å². The van der Waals surface area contributed by atoms with Crippen LogP contribution in [0.4, 0.5) is 0 Å². The second-order valence-corrected chi connectivity index (χ2v) is 4.39. The fraction of sp³-hybridized carbons (Fsp3) is 0.545. The predicted octanol–water partition coefficient (Wildman–Crippen LogP) is 1.60. The summed E-state index contributed by atoms with van der Waals surface area (Å²) in [5.41, 5.74) is 0. The van der Waals surface area contributed by atoms with E-state index >= 15 is 0 Å². The van der Waals surface area contributed by atoms with Gasteiger partial charge in [-0.25, -0.2) is 8.75 Å². The van der Waals surface area contributed by atoms with Crippen LogP contribution >= 0.6 is 0 Å². The minimum Gasteiger partial charge on any atom is -0.264 e. The van der Waals surface area contributed by atoms with Crippen molar-refractivity contribution in [3.8, 4) is 0 Å². The lowest BCUT2D eigenvalue weighted by molar-refractivity contribution is -0.697. The molecule has 0 aliphatic heterocycles. The molecule has 0 amide bonds. The van der Waals surface area contributed by atoms with Crippen LogP contribution in [0.5, 0.6) is 0 Å². The molecule has 0 aliphatic carbocycles. The average Bonchev–Trinajstić information content (AvgIpc) is 2.27. The second-order valence-electron chi connectivity index (χ2n) is 3.30. The largest absolute Gasteiger partial charge is 0.397 e. The van der Waals surface area contributed by atoms with Crippen LogP contribution in [0.3, 0.4) is 0 Å². The Kier molecular flexibility index (Phi) is 8.57. The van der Waals surface area contributed by atoms with Crippen molar-refractivity contribution < 1.29 is 21.7 Å². The molecule has 0 radical (unpaired) electrons. The third-order valence-corrected chi connectivity index (χ3v) is 2.35. The van der Waals surface area contributed by atoms with E-state index in [4.69, 9.17) is 4.55 Å². The molecule has 0 saturated carbocycles. The maximum Gasteiger partial charge on any atom is 0.397 e. The summed E-state index contributed by atoms with van der Waals surface area (Å²) in [5.74, 6) is 0. The number of pyridine rings is 1. The Balaban J connectivity index is 0.000000325. The average molecular weight is 262 g/mol. The third kappa shape index (κ3) is 11.3. The number of aryl methyl sites for hydroxylation is 1. The van der Waals surface area contributed by atoms with Crippen LogP contribution in [0.1, 0.15) is 26.7 Å². The fourth-order valence-electron chi connectivity index (χ4n) is 1.07. The zero-order valence-corrected chi connectivity index (χ0v) is 11.1. The number of unbranched alkanes of at least 4 members (excludes halogenated alkanes) is 1. The lowest BCUT2D eigenvalue weighted by atomic mass is 10.3. The van der Waals surface area contributed by atoms with E-state index in [2.05, 4.69) is 40.2 Å². The summed E-state index contributed by atoms with van der Waals surface area (Å²) in [4.78, 5) is 0. The first-order valence-corrected chi connectivity index (χ1v) is 6.92. The summed E-state index contributed by atoms with van der Waals surface area (Å²) in [6.45, 7) is 4.80. The number of rotatable bonds is 5. The topological polar surface area (TPSA) is 67.5 Å². The number of hydrogen-bond donors (Lipinski definition) is 1. The summed E-state index contributed by atoms with van der Waals surface area (Å²) in [7, 11) is -4.17. The van der Waals surface area contributed by atoms with Gasteiger partial charge in [-0.2, -0.15) is 8.42 Å². The molecule has 0 aromatic carbocycles. The van der Waals surface area contributed by atoms with Crippen molar-refractivity contribution in [2.45, 2.75) is 33.2 Å². The van der Waals surface area contributed by atoms with Crippen molar-refractivity contribution in [3.63, 3.8) is 0 Å². The van der Waals surface area contributed by atoms with Crippen LogP contribution in [-0.2, 0) is 21.1 Å². The summed E-state index contributed by atoms with van der Waals surface area (Å²) < 4.78 is 32.9. The Labute approximate surface area is 103 Å². The maximum atomic E-state index is 9.56. The van der Waals surface area contributed by atoms with Gasteiger partial charge in [0.2, 0.25) is 0 Å². The first-order chi connectivity index (χ1) is 7.99. The summed E-state index contributed by atoms with van der Waals surface area (Å²) >= 11 is 0. The number of hydrogen-bond acceptors (Lipinski definition) is 3. The summed E-state index contributed by atoms with van der Waals surface area (Å²) in [5, 5.41) is 0. The van der Waals surface area contributed by atoms with E-state index in [1.54, 1.807) is 0 Å². The minimum atomic E-state index is -4.17. The van der Waals surface area contributed by atoms with Gasteiger partial charge in [-0.15, -0.1) is 0 Å². The fourth-order valence-corrected chi connectivity index (χ4v) is 1.37. The van der Waals surface area contributed by atoms with Gasteiger partial charge in [-0.3, -0.25) is 4.55 Å². The molecule has 1 heterocycles. The van der Waals surface area contributed by atoms with E-state index in [-0.39, 0.29) is 6.61 Å². The normalized spacial score (nSPS) is 10.5. The highest BCUT2D eigenvalue weighted by molar-refractivity contribution is 7.80. The van der Waals surface area contributed by atoms with E-state index in [0.717, 1.165) is 6.54 Å². The van der Waals surface area contributed by atoms with E-state index in [0.29, 0.717) is 0 Å². The van der Waals surface area contributed by atoms with Crippen LogP contribution in [0.25, 0.3) is 0 Å². The van der Waals surface area contributed by atoms with Crippen molar-refractivity contribution >= 4 is 10.4 Å². The maximum absolute atomic E-state index is 9.56. The van der Waals surface area contributed by atoms with Gasteiger partial charge >= 0.3 is 10.4 Å². The molecule has 0 spiro atoms. The van der Waals surface area contributed by atoms with Gasteiger partial charge in [0.25, 0.3) is 0 Å². The SMILES string of the molecule is CCCC[n+]1ccccc1.CCOS(=O)(=O)O. The van der Waals surface area contributed by atoms with Crippen LogP contribution < -0.4 is 4.57 Å². The highest BCUT2D eigenvalue weighted by Crippen LogP contribution is 1.85. The summed E-state index contributed by atoms with van der Waals surface area (Å²) in [6, 6.07) is 6.17. The molecule has 0 saturated heterocycles. The summed E-state index contributed by atoms with van der Waals surface area (Å²) in [6.07, 6.45) is 6.75. The molecule has 1 aromatic rings. The molecule has 0 aliphatic rings. The van der Waals surface area contributed by atoms with Crippen molar-refractivity contribution in [2.75, 3.05) is 6.61 Å². The zero-order valence-electron chi connectivity index (χ0n) is 10.2. The second kappa shape index (κ2) is 9.09. The number of nitrogens with zero attached hydrogens (tertiary/aromatic N) is 1. The van der Waals surface area contributed by atoms with Gasteiger partial charge in [0, 0.05) is 18.6 Å². The van der Waals surface area contributed by atoms with E-state index in [1.807, 2.05) is 6.07 Å². The molecule has 0 bridgehead atoms. The zero-order chi connectivity index (χ0) is 13.1. The van der Waals surface area contributed by atoms with E-state index < -0.39 is 10.4 Å². The molecule has 1 N–H and O–H groups in total. The molecule has 98 valence electrons. The van der Waals surface area contributed by atoms with Crippen molar-refractivity contribution in [2.24, 2.45) is 0 Å². The molecule has 17 heavy (non-hydrogen) atoms. The van der Waals surface area contributed by atoms with Gasteiger partial charge in [0.05, 0.1) is 6.61 Å². The van der Waals surface area contributed by atoms with Gasteiger partial charge in [0.15, 0.2) is 12.4 Å². The van der Waals surface area contributed by atoms with Crippen LogP contribution in [0.15, 0.2) is 30.6 Å². The van der Waals surface area contributed by atoms with Gasteiger partial charge in [-0.05, 0) is 6.92 Å². The molecule has 1 rings (SSSR count). The first-order valence-electron chi connectivity index (χ1n) is 5.55. The highest BCUT2D eigenvalue weighted by atomic mass is 32.3. The number of aromatic nitrogens is 1. The quantitative estimate of drug-likeness (QED) is 0.646. The van der Waals surface area contributed by atoms with Gasteiger partial charge < -0.3 is 0 Å². The van der Waals surface area contributed by atoms with Crippen molar-refractivity contribution in [1.82, 2.24) is 0 Å². The molecular formula is C11H20NO4S+. The van der Waals surface area contributed by atoms with Gasteiger partial charge in [0.1, 0.15) is 6.54 Å². The lowest BCUT2D eigenvalue weighted by Gasteiger charge is -1.91. The minimum absolute atomic E-state index is 0.0289. The molecule has 0 atom stereocenters. The molecule has 1 aromatic heterocycles. The molecule has 0 unspecified atom stereocenters. The Hall–Kier alpha value is -0.980. The third-order valence-electron chi connectivity index (χ3n) is 1.81. The lowest BCUT2D eigenvalue weighted by Crippen LogP contribution is -2.31. The van der Waals surface area contributed by atoms with Crippen LogP contribution in [0.2, 0.25) is 0 Å². The standard InChI is InChI=1S/C9H14N.C2H6O4S/c1-2-3-7-10-8-5-4-6-9-10;1-2-6-7(3,4)5/h4-6,8-9H,2-3,7H2,1H3;2H2,1H3,(H,3,4,5)/q+1;. The van der Waals surface area contributed by atoms with E-state index in [9.17, 15) is 8.42 Å². The Morgan fingerprint density at radius 2 is 1.76 bits per heavy atom. The first kappa shape index (κ1) is 16.0. The highest BCUT2D eigenvalue weighted by Gasteiger charge is 1.98. The predicted molar refractivity (Wildman–Crippen MR) is 64.7 cm³/mol.